The molecule has 8 nitrogen and oxygen atoms in total. The van der Waals surface area contributed by atoms with Crippen LogP contribution in [0.25, 0.3) is 0 Å². The molecule has 0 amide bonds. The Balaban J connectivity index is 2.39. The number of aliphatic hydroxyl groups excluding tert-OH is 2. The van der Waals surface area contributed by atoms with E-state index >= 15 is 0 Å². The molecule has 0 spiro atoms. The van der Waals surface area contributed by atoms with Crippen LogP contribution in [0.2, 0.25) is 0 Å². The largest absolute Gasteiger partial charge is 0.394 e. The van der Waals surface area contributed by atoms with Gasteiger partial charge in [-0.25, -0.2) is 9.18 Å². The Labute approximate surface area is 107 Å². The minimum atomic E-state index is -2.26. The third-order valence-electron chi connectivity index (χ3n) is 3.09. The maximum absolute atomic E-state index is 14.4. The second kappa shape index (κ2) is 4.85. The first-order valence-corrected chi connectivity index (χ1v) is 5.54. The Kier molecular flexibility index (Phi) is 3.54. The van der Waals surface area contributed by atoms with Crippen molar-refractivity contribution >= 4 is 5.82 Å². The van der Waals surface area contributed by atoms with Crippen molar-refractivity contribution in [2.75, 3.05) is 12.1 Å². The van der Waals surface area contributed by atoms with E-state index in [4.69, 9.17) is 15.1 Å². The molecule has 106 valence electrons. The molecule has 2 heterocycles. The molecule has 1 saturated heterocycles. The molecule has 9 heteroatoms. The van der Waals surface area contributed by atoms with Crippen molar-refractivity contribution < 1.29 is 24.5 Å². The standard InChI is InChI=1S/C10H14FN3O5/c1-10(11)7(16)5(4-15)19-8(10)14-3-2-6(13-18)12-9(14)17/h2-3,5,7-8,15-16,18H,4H2,1H3,(H,12,13,17)/t5-,7?,8-,10?/m1/s1. The van der Waals surface area contributed by atoms with Gasteiger partial charge in [-0.2, -0.15) is 4.98 Å². The lowest BCUT2D eigenvalue weighted by atomic mass is 9.98. The van der Waals surface area contributed by atoms with E-state index in [-0.39, 0.29) is 5.82 Å². The lowest BCUT2D eigenvalue weighted by Gasteiger charge is -2.24. The molecular formula is C10H14FN3O5. The highest BCUT2D eigenvalue weighted by atomic mass is 19.1. The monoisotopic (exact) mass is 275 g/mol. The Morgan fingerprint density at radius 1 is 1.68 bits per heavy atom. The van der Waals surface area contributed by atoms with Crippen LogP contribution in [-0.4, -0.2) is 49.5 Å². The maximum Gasteiger partial charge on any atom is 0.351 e. The van der Waals surface area contributed by atoms with Gasteiger partial charge in [0, 0.05) is 6.20 Å². The molecule has 0 aromatic carbocycles. The maximum atomic E-state index is 14.4. The van der Waals surface area contributed by atoms with E-state index in [1.807, 2.05) is 0 Å². The topological polar surface area (TPSA) is 117 Å². The van der Waals surface area contributed by atoms with Crippen molar-refractivity contribution in [3.8, 4) is 0 Å². The number of alkyl halides is 1. The Morgan fingerprint density at radius 2 is 2.37 bits per heavy atom. The molecule has 1 fully saturated rings. The molecule has 2 rings (SSSR count). The van der Waals surface area contributed by atoms with E-state index in [1.54, 1.807) is 5.48 Å². The first-order valence-electron chi connectivity index (χ1n) is 5.54. The normalized spacial score (nSPS) is 34.5. The summed E-state index contributed by atoms with van der Waals surface area (Å²) in [5.41, 5.74) is -1.43. The molecule has 1 aliphatic rings. The zero-order valence-electron chi connectivity index (χ0n) is 10.0. The predicted molar refractivity (Wildman–Crippen MR) is 60.4 cm³/mol. The van der Waals surface area contributed by atoms with Gasteiger partial charge < -0.3 is 14.9 Å². The van der Waals surface area contributed by atoms with Gasteiger partial charge in [0.15, 0.2) is 17.7 Å². The van der Waals surface area contributed by atoms with Crippen molar-refractivity contribution in [1.29, 1.82) is 0 Å². The van der Waals surface area contributed by atoms with Crippen molar-refractivity contribution in [1.82, 2.24) is 9.55 Å². The molecular weight excluding hydrogens is 261 g/mol. The van der Waals surface area contributed by atoms with Gasteiger partial charge in [-0.1, -0.05) is 0 Å². The number of aliphatic hydroxyl groups is 2. The number of nitrogens with zero attached hydrogens (tertiary/aromatic N) is 2. The van der Waals surface area contributed by atoms with E-state index in [0.717, 1.165) is 11.5 Å². The summed E-state index contributed by atoms with van der Waals surface area (Å²) in [7, 11) is 0. The van der Waals surface area contributed by atoms with Crippen LogP contribution in [0.3, 0.4) is 0 Å². The van der Waals surface area contributed by atoms with Crippen LogP contribution < -0.4 is 11.2 Å². The Morgan fingerprint density at radius 3 is 2.84 bits per heavy atom. The first kappa shape index (κ1) is 13.9. The molecule has 0 aliphatic carbocycles. The predicted octanol–water partition coefficient (Wildman–Crippen LogP) is -0.977. The van der Waals surface area contributed by atoms with E-state index in [1.165, 1.54) is 12.3 Å². The molecule has 19 heavy (non-hydrogen) atoms. The SMILES string of the molecule is CC1(F)C(O)[C@@H](CO)O[C@H]1n1ccc(NO)nc1=O. The van der Waals surface area contributed by atoms with Crippen molar-refractivity contribution in [2.45, 2.75) is 31.0 Å². The van der Waals surface area contributed by atoms with Gasteiger partial charge in [-0.3, -0.25) is 15.3 Å². The molecule has 4 N–H and O–H groups in total. The van der Waals surface area contributed by atoms with Crippen molar-refractivity contribution in [3.63, 3.8) is 0 Å². The molecule has 0 bridgehead atoms. The summed E-state index contributed by atoms with van der Waals surface area (Å²) < 4.78 is 20.4. The number of halogens is 1. The first-order chi connectivity index (χ1) is 8.91. The second-order valence-corrected chi connectivity index (χ2v) is 4.42. The highest BCUT2D eigenvalue weighted by Gasteiger charge is 2.55. The van der Waals surface area contributed by atoms with Gasteiger partial charge in [0.1, 0.15) is 12.2 Å². The van der Waals surface area contributed by atoms with Crippen LogP contribution in [0, 0.1) is 0 Å². The van der Waals surface area contributed by atoms with Crippen LogP contribution in [0.4, 0.5) is 10.2 Å². The molecule has 2 unspecified atom stereocenters. The highest BCUT2D eigenvalue weighted by molar-refractivity contribution is 5.28. The number of anilines is 1. The summed E-state index contributed by atoms with van der Waals surface area (Å²) >= 11 is 0. The summed E-state index contributed by atoms with van der Waals surface area (Å²) in [4.78, 5) is 15.1. The third kappa shape index (κ3) is 2.21. The van der Waals surface area contributed by atoms with Crippen LogP contribution in [0.15, 0.2) is 17.1 Å². The van der Waals surface area contributed by atoms with Gasteiger partial charge in [0.05, 0.1) is 6.61 Å². The van der Waals surface area contributed by atoms with Crippen LogP contribution >= 0.6 is 0 Å². The number of hydrogen-bond acceptors (Lipinski definition) is 7. The van der Waals surface area contributed by atoms with E-state index in [2.05, 4.69) is 4.98 Å². The molecule has 4 atom stereocenters. The van der Waals surface area contributed by atoms with Crippen LogP contribution in [0.5, 0.6) is 0 Å². The van der Waals surface area contributed by atoms with E-state index < -0.39 is 36.4 Å². The lowest BCUT2D eigenvalue weighted by molar-refractivity contribution is -0.0610. The summed E-state index contributed by atoms with van der Waals surface area (Å²) in [5, 5.41) is 27.3. The number of ether oxygens (including phenoxy) is 1. The van der Waals surface area contributed by atoms with E-state index in [9.17, 15) is 14.3 Å². The van der Waals surface area contributed by atoms with Gasteiger partial charge in [-0.15, -0.1) is 0 Å². The number of hydrogen-bond donors (Lipinski definition) is 4. The summed E-state index contributed by atoms with van der Waals surface area (Å²) in [6, 6.07) is 1.24. The summed E-state index contributed by atoms with van der Waals surface area (Å²) in [6.45, 7) is 0.498. The molecule has 1 aliphatic heterocycles. The molecule has 0 saturated carbocycles. The summed E-state index contributed by atoms with van der Waals surface area (Å²) in [6.07, 6.45) is -2.93. The highest BCUT2D eigenvalue weighted by Crippen LogP contribution is 2.40. The van der Waals surface area contributed by atoms with Gasteiger partial charge in [0.25, 0.3) is 0 Å². The smallest absolute Gasteiger partial charge is 0.351 e. The lowest BCUT2D eigenvalue weighted by Crippen LogP contribution is -2.42. The minimum Gasteiger partial charge on any atom is -0.394 e. The van der Waals surface area contributed by atoms with Crippen LogP contribution in [0.1, 0.15) is 13.2 Å². The quantitative estimate of drug-likeness (QED) is 0.524. The average Bonchev–Trinajstić information content (AvgIpc) is 2.61. The fourth-order valence-electron chi connectivity index (χ4n) is 2.02. The van der Waals surface area contributed by atoms with Gasteiger partial charge in [-0.05, 0) is 13.0 Å². The van der Waals surface area contributed by atoms with Crippen molar-refractivity contribution in [2.24, 2.45) is 0 Å². The summed E-state index contributed by atoms with van der Waals surface area (Å²) in [5.74, 6) is -0.0981. The van der Waals surface area contributed by atoms with Gasteiger partial charge in [0.2, 0.25) is 0 Å². The molecule has 1 aromatic rings. The number of rotatable bonds is 3. The van der Waals surface area contributed by atoms with Crippen molar-refractivity contribution in [3.05, 3.63) is 22.7 Å². The Bertz CT molecular complexity index is 520. The molecule has 1 aromatic heterocycles. The zero-order chi connectivity index (χ0) is 14.2. The number of nitrogens with one attached hydrogen (secondary N) is 1. The fraction of sp³-hybridized carbons (Fsp3) is 0.600. The number of aromatic nitrogens is 2. The second-order valence-electron chi connectivity index (χ2n) is 4.42. The third-order valence-corrected chi connectivity index (χ3v) is 3.09. The fourth-order valence-corrected chi connectivity index (χ4v) is 2.02. The minimum absolute atomic E-state index is 0.0981. The zero-order valence-corrected chi connectivity index (χ0v) is 10.0. The van der Waals surface area contributed by atoms with E-state index in [0.29, 0.717) is 0 Å². The average molecular weight is 275 g/mol. The van der Waals surface area contributed by atoms with Crippen LogP contribution in [-0.2, 0) is 4.74 Å². The van der Waals surface area contributed by atoms with Gasteiger partial charge >= 0.3 is 5.69 Å². The Hall–Kier alpha value is -1.55. The molecule has 0 radical (unpaired) electrons.